The van der Waals surface area contributed by atoms with Crippen LogP contribution in [0, 0.1) is 50.8 Å². The number of nitrogens with zero attached hydrogens (tertiary/aromatic N) is 4. The normalized spacial score (nSPS) is 18.3. The van der Waals surface area contributed by atoms with Gasteiger partial charge < -0.3 is 30.8 Å². The molecule has 2 aliphatic rings. The molecule has 0 saturated heterocycles. The molecule has 1 aliphatic heterocycles. The lowest BCUT2D eigenvalue weighted by atomic mass is 9.77. The molecule has 1 fully saturated rings. The summed E-state index contributed by atoms with van der Waals surface area (Å²) in [5.74, 6) is -1.34. The van der Waals surface area contributed by atoms with E-state index < -0.39 is 47.2 Å². The molecule has 1 saturated carbocycles. The van der Waals surface area contributed by atoms with E-state index in [2.05, 4.69) is 49.5 Å². The molecule has 6 aromatic rings. The van der Waals surface area contributed by atoms with Crippen molar-refractivity contribution in [3.63, 3.8) is 0 Å². The summed E-state index contributed by atoms with van der Waals surface area (Å²) in [6.45, 7) is 15.5. The van der Waals surface area contributed by atoms with Crippen molar-refractivity contribution in [2.45, 2.75) is 112 Å². The van der Waals surface area contributed by atoms with E-state index in [1.54, 1.807) is 29.5 Å². The molecule has 14 nitrogen and oxygen atoms in total. The Balaban J connectivity index is 0.848. The SMILES string of the molecule is Cc1ccsc1-c1ccc(C(C)NC(=O)[C@@H]2C[C@@H](O)CC2C(=O)[C@@H](NC(=O)CCc2cc(F)cc(OCCNC(=O)CC3N=C(c4ccc(Cl)cc4)c4c([nH]c(C)c4C)-n4c(C)nnc43)c2)C(C)(C)C)cc1. The van der Waals surface area contributed by atoms with Crippen molar-refractivity contribution in [2.24, 2.45) is 22.2 Å². The number of benzene rings is 3. The first-order valence-electron chi connectivity index (χ1n) is 24.4. The summed E-state index contributed by atoms with van der Waals surface area (Å²) in [6.07, 6.45) is -0.545. The number of aromatic amines is 1. The third-order valence-electron chi connectivity index (χ3n) is 13.7. The number of halogens is 2. The number of aliphatic imine (C=N–C) groups is 1. The molecule has 3 unspecified atom stereocenters. The number of aliphatic hydroxyl groups is 1. The van der Waals surface area contributed by atoms with Crippen LogP contribution in [0.25, 0.3) is 16.3 Å². The molecule has 0 radical (unpaired) electrons. The van der Waals surface area contributed by atoms with E-state index in [-0.39, 0.29) is 74.6 Å². The first kappa shape index (κ1) is 51.9. The second kappa shape index (κ2) is 21.7. The molecule has 3 aromatic heterocycles. The number of thiophene rings is 1. The zero-order chi connectivity index (χ0) is 51.6. The minimum atomic E-state index is -0.953. The first-order valence-corrected chi connectivity index (χ1v) is 25.6. The van der Waals surface area contributed by atoms with Crippen LogP contribution in [0.2, 0.25) is 5.02 Å². The van der Waals surface area contributed by atoms with Crippen molar-refractivity contribution in [1.29, 1.82) is 0 Å². The van der Waals surface area contributed by atoms with E-state index in [0.29, 0.717) is 27.9 Å². The first-order chi connectivity index (χ1) is 34.2. The van der Waals surface area contributed by atoms with Crippen molar-refractivity contribution in [2.75, 3.05) is 13.2 Å². The Kier molecular flexibility index (Phi) is 15.6. The van der Waals surface area contributed by atoms with E-state index in [0.717, 1.165) is 39.3 Å². The molecule has 378 valence electrons. The summed E-state index contributed by atoms with van der Waals surface area (Å²) in [7, 11) is 0. The standard InChI is InChI=1S/C55H62ClFN8O6S/c1-29-19-22-72-50(29)37-12-10-35(11-13-37)32(4)60-54(70)43-27-40(66)26-42(43)49(69)51(55(6,7)8)62-45(67)18-9-34-23-39(57)25-41(24-34)71-21-20-58-46(68)28-44-52-64-63-33(5)65(52)53-47(30(2)31(3)59-53)48(61-44)36-14-16-38(56)17-15-36/h10-17,19,22-25,32,40,42-44,51,59,66H,9,18,20-21,26-28H2,1-8H3,(H,58,68)(H,60,70)(H,62,67)/t32?,40-,42?,43+,44?,51+/m0/s1. The monoisotopic (exact) mass is 1020 g/mol. The van der Waals surface area contributed by atoms with Crippen molar-refractivity contribution >= 4 is 52.2 Å². The van der Waals surface area contributed by atoms with E-state index in [1.165, 1.54) is 22.6 Å². The Morgan fingerprint density at radius 2 is 1.64 bits per heavy atom. The van der Waals surface area contributed by atoms with Gasteiger partial charge in [-0.1, -0.05) is 68.8 Å². The molecule has 6 atom stereocenters. The Morgan fingerprint density at radius 3 is 2.33 bits per heavy atom. The number of aliphatic hydroxyl groups excluding tert-OH is 1. The van der Waals surface area contributed by atoms with Crippen LogP contribution in [0.3, 0.4) is 0 Å². The number of Topliss-reactive ketones (excluding diaryl/α,β-unsaturated/α-hetero) is 1. The fourth-order valence-electron chi connectivity index (χ4n) is 9.75. The van der Waals surface area contributed by atoms with Crippen LogP contribution >= 0.6 is 22.9 Å². The summed E-state index contributed by atoms with van der Waals surface area (Å²) in [4.78, 5) is 65.0. The molecule has 72 heavy (non-hydrogen) atoms. The third-order valence-corrected chi connectivity index (χ3v) is 15.0. The number of amides is 3. The molecular weight excluding hydrogens is 955 g/mol. The number of hydrogen-bond donors (Lipinski definition) is 5. The number of fused-ring (bicyclic) bond motifs is 3. The van der Waals surface area contributed by atoms with Crippen molar-refractivity contribution < 1.29 is 33.4 Å². The highest BCUT2D eigenvalue weighted by atomic mass is 35.5. The molecule has 3 aromatic carbocycles. The van der Waals surface area contributed by atoms with Crippen LogP contribution in [-0.2, 0) is 25.6 Å². The van der Waals surface area contributed by atoms with Crippen molar-refractivity contribution in [1.82, 2.24) is 35.7 Å². The van der Waals surface area contributed by atoms with Crippen LogP contribution in [0.4, 0.5) is 4.39 Å². The lowest BCUT2D eigenvalue weighted by Crippen LogP contribution is -2.52. The van der Waals surface area contributed by atoms with Gasteiger partial charge in [-0.05, 0) is 123 Å². The van der Waals surface area contributed by atoms with Gasteiger partial charge >= 0.3 is 0 Å². The number of aromatic nitrogens is 4. The Labute approximate surface area is 428 Å². The van der Waals surface area contributed by atoms with E-state index in [1.807, 2.05) is 89.4 Å². The van der Waals surface area contributed by atoms with Gasteiger partial charge in [-0.25, -0.2) is 4.39 Å². The number of carbonyl (C=O) groups is 4. The average molecular weight is 1020 g/mol. The van der Waals surface area contributed by atoms with Gasteiger partial charge in [0.1, 0.15) is 35.9 Å². The highest BCUT2D eigenvalue weighted by molar-refractivity contribution is 7.13. The summed E-state index contributed by atoms with van der Waals surface area (Å²) >= 11 is 7.92. The second-order valence-corrected chi connectivity index (χ2v) is 21.5. The molecule has 4 heterocycles. The highest BCUT2D eigenvalue weighted by Crippen LogP contribution is 2.38. The molecule has 0 spiro atoms. The molecule has 0 bridgehead atoms. The van der Waals surface area contributed by atoms with Crippen molar-refractivity contribution in [3.05, 3.63) is 140 Å². The maximum atomic E-state index is 15.0. The maximum Gasteiger partial charge on any atom is 0.224 e. The fourth-order valence-corrected chi connectivity index (χ4v) is 10.8. The van der Waals surface area contributed by atoms with Crippen LogP contribution in [-0.4, -0.2) is 79.4 Å². The third kappa shape index (κ3) is 11.6. The number of nitrogens with one attached hydrogen (secondary N) is 4. The lowest BCUT2D eigenvalue weighted by Gasteiger charge is -2.33. The summed E-state index contributed by atoms with van der Waals surface area (Å²) in [5, 5.41) is 31.1. The van der Waals surface area contributed by atoms with Crippen LogP contribution < -0.4 is 20.7 Å². The smallest absolute Gasteiger partial charge is 0.224 e. The quantitative estimate of drug-likeness (QED) is 0.0559. The van der Waals surface area contributed by atoms with Gasteiger partial charge in [0.05, 0.1) is 42.8 Å². The van der Waals surface area contributed by atoms with Gasteiger partial charge in [-0.15, -0.1) is 21.5 Å². The summed E-state index contributed by atoms with van der Waals surface area (Å²) < 4.78 is 22.7. The van der Waals surface area contributed by atoms with E-state index in [9.17, 15) is 28.7 Å². The van der Waals surface area contributed by atoms with Gasteiger partial charge in [0.2, 0.25) is 17.7 Å². The van der Waals surface area contributed by atoms with Crippen LogP contribution in [0.5, 0.6) is 5.75 Å². The van der Waals surface area contributed by atoms with Crippen molar-refractivity contribution in [3.8, 4) is 22.0 Å². The number of hydrogen-bond acceptors (Lipinski definition) is 10. The van der Waals surface area contributed by atoms with Crippen LogP contribution in [0.15, 0.2) is 83.2 Å². The fraction of sp³-hybridized carbons (Fsp3) is 0.400. The van der Waals surface area contributed by atoms with Gasteiger partial charge in [0.15, 0.2) is 11.6 Å². The number of rotatable bonds is 17. The topological polar surface area (TPSA) is 193 Å². The number of ketones is 1. The number of H-pyrrole nitrogens is 1. The zero-order valence-electron chi connectivity index (χ0n) is 41.9. The Hall–Kier alpha value is -6.49. The Morgan fingerprint density at radius 1 is 0.931 bits per heavy atom. The molecule has 5 N–H and O–H groups in total. The van der Waals surface area contributed by atoms with E-state index >= 15 is 0 Å². The lowest BCUT2D eigenvalue weighted by molar-refractivity contribution is -0.137. The maximum absolute atomic E-state index is 15.0. The Bertz CT molecular complexity index is 3010. The predicted molar refractivity (Wildman–Crippen MR) is 277 cm³/mol. The second-order valence-electron chi connectivity index (χ2n) is 20.1. The minimum absolute atomic E-state index is 0.0311. The predicted octanol–water partition coefficient (Wildman–Crippen LogP) is 9.12. The number of carbonyl (C=O) groups excluding carboxylic acids is 4. The molecule has 1 aliphatic carbocycles. The molecule has 8 rings (SSSR count). The summed E-state index contributed by atoms with van der Waals surface area (Å²) in [6, 6.07) is 19.8. The molecular formula is C55H62ClFN8O6S. The molecule has 17 heteroatoms. The zero-order valence-corrected chi connectivity index (χ0v) is 43.4. The van der Waals surface area contributed by atoms with Gasteiger partial charge in [-0.3, -0.25) is 28.7 Å². The largest absolute Gasteiger partial charge is 0.492 e. The average Bonchev–Trinajstić information content (AvgIpc) is 4.10. The highest BCUT2D eigenvalue weighted by Gasteiger charge is 2.47. The van der Waals surface area contributed by atoms with Crippen LogP contribution in [0.1, 0.15) is 116 Å². The molecule has 3 amide bonds. The van der Waals surface area contributed by atoms with Gasteiger partial charge in [-0.2, -0.15) is 0 Å². The number of ether oxygens (including phenoxy) is 1. The van der Waals surface area contributed by atoms with Gasteiger partial charge in [0, 0.05) is 45.1 Å². The summed E-state index contributed by atoms with van der Waals surface area (Å²) in [5.41, 5.74) is 7.40. The van der Waals surface area contributed by atoms with E-state index in [4.69, 9.17) is 21.3 Å². The number of aryl methyl sites for hydroxylation is 4. The minimum Gasteiger partial charge on any atom is -0.492 e. The van der Waals surface area contributed by atoms with Gasteiger partial charge in [0.25, 0.3) is 0 Å².